The lowest BCUT2D eigenvalue weighted by Crippen LogP contribution is -2.20. The number of allylic oxidation sites excluding steroid dienone is 2. The Balaban J connectivity index is 1.96. The molecule has 0 saturated carbocycles. The lowest BCUT2D eigenvalue weighted by Gasteiger charge is -2.22. The van der Waals surface area contributed by atoms with Gasteiger partial charge in [-0.05, 0) is 49.8 Å². The van der Waals surface area contributed by atoms with Gasteiger partial charge in [-0.2, -0.15) is 0 Å². The largest absolute Gasteiger partial charge is 0.371 e. The van der Waals surface area contributed by atoms with Crippen molar-refractivity contribution in [3.63, 3.8) is 0 Å². The molecule has 0 radical (unpaired) electrons. The maximum atomic E-state index is 11.6. The fraction of sp³-hybridized carbons (Fsp3) is 0.500. The van der Waals surface area contributed by atoms with E-state index in [1.165, 1.54) is 24.1 Å². The normalized spacial score (nSPS) is 18.8. The Morgan fingerprint density at radius 3 is 2.84 bits per heavy atom. The van der Waals surface area contributed by atoms with Gasteiger partial charge in [0.15, 0.2) is 5.78 Å². The molecule has 0 atom stereocenters. The average Bonchev–Trinajstić information content (AvgIpc) is 2.83. The van der Waals surface area contributed by atoms with Gasteiger partial charge in [0.05, 0.1) is 5.69 Å². The summed E-state index contributed by atoms with van der Waals surface area (Å²) in [6.45, 7) is 3.97. The minimum atomic E-state index is 0.182. The van der Waals surface area contributed by atoms with Crippen LogP contribution in [0.2, 0.25) is 0 Å². The molecule has 1 fully saturated rings. The summed E-state index contributed by atoms with van der Waals surface area (Å²) in [4.78, 5) is 18.6. The van der Waals surface area contributed by atoms with Gasteiger partial charge in [0.1, 0.15) is 0 Å². The molecule has 1 aliphatic carbocycles. The fourth-order valence-corrected chi connectivity index (χ4v) is 3.11. The number of Topliss-reactive ketones (excluding diaryl/α,β-unsaturated/α-hetero) is 1. The van der Waals surface area contributed by atoms with Crippen LogP contribution in [-0.2, 0) is 17.6 Å². The number of rotatable bonds is 2. The second-order valence-electron chi connectivity index (χ2n) is 5.45. The van der Waals surface area contributed by atoms with Crippen molar-refractivity contribution >= 4 is 11.5 Å². The zero-order valence-electron chi connectivity index (χ0n) is 11.5. The molecule has 3 heteroatoms. The maximum absolute atomic E-state index is 11.6. The number of carbonyl (C=O) groups excluding carboxylic acids is 1. The number of anilines is 1. The van der Waals surface area contributed by atoms with E-state index in [1.807, 2.05) is 6.20 Å². The highest BCUT2D eigenvalue weighted by Crippen LogP contribution is 2.30. The third-order valence-electron chi connectivity index (χ3n) is 4.16. The van der Waals surface area contributed by atoms with E-state index in [4.69, 9.17) is 0 Å². The number of fused-ring (bicyclic) bond motifs is 1. The zero-order chi connectivity index (χ0) is 13.2. The Morgan fingerprint density at radius 1 is 1.32 bits per heavy atom. The second kappa shape index (κ2) is 5.16. The van der Waals surface area contributed by atoms with Crippen molar-refractivity contribution in [2.75, 3.05) is 18.0 Å². The first-order valence-corrected chi connectivity index (χ1v) is 7.17. The minimum absolute atomic E-state index is 0.182. The SMILES string of the molecule is CC(=O)C1=CCCc2c(N3CCCC3)ccnc2C1. The summed E-state index contributed by atoms with van der Waals surface area (Å²) in [7, 11) is 0. The predicted molar refractivity (Wildman–Crippen MR) is 76.5 cm³/mol. The van der Waals surface area contributed by atoms with Crippen LogP contribution in [0.15, 0.2) is 23.9 Å². The van der Waals surface area contributed by atoms with Crippen LogP contribution in [0.25, 0.3) is 0 Å². The summed E-state index contributed by atoms with van der Waals surface area (Å²) in [5.74, 6) is 0.182. The molecule has 0 bridgehead atoms. The zero-order valence-corrected chi connectivity index (χ0v) is 11.5. The van der Waals surface area contributed by atoms with Gasteiger partial charge in [0.2, 0.25) is 0 Å². The van der Waals surface area contributed by atoms with Crippen molar-refractivity contribution in [1.82, 2.24) is 4.98 Å². The molecule has 1 saturated heterocycles. The Labute approximate surface area is 114 Å². The number of aromatic nitrogens is 1. The van der Waals surface area contributed by atoms with E-state index in [0.717, 1.165) is 37.2 Å². The summed E-state index contributed by atoms with van der Waals surface area (Å²) < 4.78 is 0. The molecule has 0 amide bonds. The highest BCUT2D eigenvalue weighted by Gasteiger charge is 2.21. The number of pyridine rings is 1. The van der Waals surface area contributed by atoms with Gasteiger partial charge in [-0.15, -0.1) is 0 Å². The number of ketones is 1. The highest BCUT2D eigenvalue weighted by molar-refractivity contribution is 5.93. The van der Waals surface area contributed by atoms with Gasteiger partial charge in [-0.25, -0.2) is 0 Å². The van der Waals surface area contributed by atoms with Gasteiger partial charge in [0.25, 0.3) is 0 Å². The fourth-order valence-electron chi connectivity index (χ4n) is 3.11. The van der Waals surface area contributed by atoms with Gasteiger partial charge in [0, 0.05) is 31.4 Å². The van der Waals surface area contributed by atoms with Gasteiger partial charge >= 0.3 is 0 Å². The topological polar surface area (TPSA) is 33.2 Å². The molecule has 100 valence electrons. The van der Waals surface area contributed by atoms with Crippen molar-refractivity contribution in [2.24, 2.45) is 0 Å². The summed E-state index contributed by atoms with van der Waals surface area (Å²) in [5, 5.41) is 0. The summed E-state index contributed by atoms with van der Waals surface area (Å²) >= 11 is 0. The molecule has 3 rings (SSSR count). The third kappa shape index (κ3) is 2.42. The van der Waals surface area contributed by atoms with Crippen molar-refractivity contribution in [3.8, 4) is 0 Å². The smallest absolute Gasteiger partial charge is 0.155 e. The molecule has 0 spiro atoms. The van der Waals surface area contributed by atoms with E-state index in [2.05, 4.69) is 22.0 Å². The first-order chi connectivity index (χ1) is 9.25. The predicted octanol–water partition coefficient (Wildman–Crippen LogP) is 2.69. The first kappa shape index (κ1) is 12.4. The van der Waals surface area contributed by atoms with Crippen molar-refractivity contribution < 1.29 is 4.79 Å². The van der Waals surface area contributed by atoms with Gasteiger partial charge in [-0.3, -0.25) is 9.78 Å². The molecule has 1 aromatic rings. The summed E-state index contributed by atoms with van der Waals surface area (Å²) in [6.07, 6.45) is 9.22. The van der Waals surface area contributed by atoms with E-state index in [0.29, 0.717) is 6.42 Å². The van der Waals surface area contributed by atoms with Gasteiger partial charge < -0.3 is 4.90 Å². The Morgan fingerprint density at radius 2 is 2.11 bits per heavy atom. The van der Waals surface area contributed by atoms with E-state index >= 15 is 0 Å². The first-order valence-electron chi connectivity index (χ1n) is 7.17. The summed E-state index contributed by atoms with van der Waals surface area (Å²) in [6, 6.07) is 2.14. The average molecular weight is 256 g/mol. The molecule has 2 heterocycles. The highest BCUT2D eigenvalue weighted by atomic mass is 16.1. The van der Waals surface area contributed by atoms with Crippen LogP contribution in [0.5, 0.6) is 0 Å². The van der Waals surface area contributed by atoms with Crippen LogP contribution in [0, 0.1) is 0 Å². The van der Waals surface area contributed by atoms with Crippen molar-refractivity contribution in [2.45, 2.75) is 39.0 Å². The lowest BCUT2D eigenvalue weighted by atomic mass is 10.0. The van der Waals surface area contributed by atoms with Crippen LogP contribution in [0.1, 0.15) is 37.4 Å². The minimum Gasteiger partial charge on any atom is -0.371 e. The van der Waals surface area contributed by atoms with Crippen LogP contribution in [-0.4, -0.2) is 23.9 Å². The van der Waals surface area contributed by atoms with E-state index in [1.54, 1.807) is 6.92 Å². The van der Waals surface area contributed by atoms with E-state index < -0.39 is 0 Å². The van der Waals surface area contributed by atoms with Gasteiger partial charge in [-0.1, -0.05) is 6.08 Å². The monoisotopic (exact) mass is 256 g/mol. The molecule has 0 aromatic carbocycles. The van der Waals surface area contributed by atoms with E-state index in [-0.39, 0.29) is 5.78 Å². The Hall–Kier alpha value is -1.64. The number of carbonyl (C=O) groups is 1. The second-order valence-corrected chi connectivity index (χ2v) is 5.45. The summed E-state index contributed by atoms with van der Waals surface area (Å²) in [5.41, 5.74) is 4.73. The Kier molecular flexibility index (Phi) is 3.36. The lowest BCUT2D eigenvalue weighted by molar-refractivity contribution is -0.113. The number of nitrogens with zero attached hydrogens (tertiary/aromatic N) is 2. The number of hydrogen-bond acceptors (Lipinski definition) is 3. The maximum Gasteiger partial charge on any atom is 0.155 e. The van der Waals surface area contributed by atoms with Crippen LogP contribution >= 0.6 is 0 Å². The van der Waals surface area contributed by atoms with Crippen molar-refractivity contribution in [3.05, 3.63) is 35.2 Å². The molecule has 2 aliphatic rings. The molecule has 1 aliphatic heterocycles. The van der Waals surface area contributed by atoms with Crippen LogP contribution in [0.4, 0.5) is 5.69 Å². The molecular weight excluding hydrogens is 236 g/mol. The number of hydrogen-bond donors (Lipinski definition) is 0. The molecule has 0 unspecified atom stereocenters. The molecule has 0 N–H and O–H groups in total. The third-order valence-corrected chi connectivity index (χ3v) is 4.16. The quantitative estimate of drug-likeness (QED) is 0.815. The molecular formula is C16H20N2O. The van der Waals surface area contributed by atoms with Crippen LogP contribution in [0.3, 0.4) is 0 Å². The van der Waals surface area contributed by atoms with Crippen molar-refractivity contribution in [1.29, 1.82) is 0 Å². The molecule has 19 heavy (non-hydrogen) atoms. The molecule has 1 aromatic heterocycles. The van der Waals surface area contributed by atoms with E-state index in [9.17, 15) is 4.79 Å². The van der Waals surface area contributed by atoms with Crippen LogP contribution < -0.4 is 4.90 Å². The standard InChI is InChI=1S/C16H20N2O/c1-12(19)13-5-4-6-14-15(11-13)17-8-7-16(14)18-9-2-3-10-18/h5,7-8H,2-4,6,9-11H2,1H3. The molecule has 3 nitrogen and oxygen atoms in total. The Bertz CT molecular complexity index is 528.